The third-order valence-electron chi connectivity index (χ3n) is 3.59. The summed E-state index contributed by atoms with van der Waals surface area (Å²) in [4.78, 5) is 18.0. The van der Waals surface area contributed by atoms with E-state index in [-0.39, 0.29) is 17.8 Å². The predicted molar refractivity (Wildman–Crippen MR) is 115 cm³/mol. The standard InChI is InChI=1S/C17H19I2O5P/c1-10(2)13-9-12(3-4-16(13)20)24-17-14(18)7-11(8-15(17)19)5-6-25(21,22)23/h3-4,7-10,20H,5-6H2,1-2H3,(H2,21,22,23). The topological polar surface area (TPSA) is 87.0 Å². The van der Waals surface area contributed by atoms with Crippen LogP contribution in [-0.4, -0.2) is 21.1 Å². The molecule has 0 heterocycles. The van der Waals surface area contributed by atoms with Gasteiger partial charge in [0.1, 0.15) is 11.5 Å². The number of rotatable bonds is 6. The van der Waals surface area contributed by atoms with Gasteiger partial charge < -0.3 is 19.6 Å². The summed E-state index contributed by atoms with van der Waals surface area (Å²) in [6, 6.07) is 8.91. The smallest absolute Gasteiger partial charge is 0.325 e. The van der Waals surface area contributed by atoms with E-state index in [9.17, 15) is 9.67 Å². The van der Waals surface area contributed by atoms with E-state index in [1.54, 1.807) is 12.1 Å². The van der Waals surface area contributed by atoms with Gasteiger partial charge in [0.2, 0.25) is 0 Å². The van der Waals surface area contributed by atoms with Gasteiger partial charge >= 0.3 is 7.60 Å². The van der Waals surface area contributed by atoms with Crippen molar-refractivity contribution in [3.63, 3.8) is 0 Å². The Morgan fingerprint density at radius 1 is 1.12 bits per heavy atom. The van der Waals surface area contributed by atoms with E-state index in [1.165, 1.54) is 0 Å². The van der Waals surface area contributed by atoms with Gasteiger partial charge in [-0.3, -0.25) is 4.57 Å². The fourth-order valence-electron chi connectivity index (χ4n) is 2.31. The number of benzene rings is 2. The number of phenols is 1. The Labute approximate surface area is 174 Å². The van der Waals surface area contributed by atoms with Crippen LogP contribution in [0, 0.1) is 7.14 Å². The molecular formula is C17H19I2O5P. The van der Waals surface area contributed by atoms with Crippen molar-refractivity contribution in [1.29, 1.82) is 0 Å². The molecule has 5 nitrogen and oxygen atoms in total. The second kappa shape index (κ2) is 8.56. The van der Waals surface area contributed by atoms with Crippen LogP contribution in [-0.2, 0) is 11.0 Å². The number of hydrogen-bond acceptors (Lipinski definition) is 3. The summed E-state index contributed by atoms with van der Waals surface area (Å²) >= 11 is 4.31. The molecule has 2 rings (SSSR count). The molecule has 0 atom stereocenters. The summed E-state index contributed by atoms with van der Waals surface area (Å²) in [5.74, 6) is 1.76. The number of aromatic hydroxyl groups is 1. The van der Waals surface area contributed by atoms with Crippen molar-refractivity contribution in [3.05, 3.63) is 48.6 Å². The van der Waals surface area contributed by atoms with Gasteiger partial charge in [0.05, 0.1) is 13.3 Å². The minimum atomic E-state index is -4.01. The summed E-state index contributed by atoms with van der Waals surface area (Å²) in [5, 5.41) is 9.92. The van der Waals surface area contributed by atoms with Crippen molar-refractivity contribution in [2.45, 2.75) is 26.2 Å². The zero-order chi connectivity index (χ0) is 18.8. The summed E-state index contributed by atoms with van der Waals surface area (Å²) in [6.45, 7) is 4.00. The average Bonchev–Trinajstić information content (AvgIpc) is 2.49. The highest BCUT2D eigenvalue weighted by Crippen LogP contribution is 2.38. The van der Waals surface area contributed by atoms with Crippen molar-refractivity contribution in [1.82, 2.24) is 0 Å². The van der Waals surface area contributed by atoms with Gasteiger partial charge in [-0.1, -0.05) is 13.8 Å². The zero-order valence-corrected chi connectivity index (χ0v) is 18.9. The third-order valence-corrected chi connectivity index (χ3v) is 6.00. The molecule has 0 aliphatic heterocycles. The van der Waals surface area contributed by atoms with E-state index < -0.39 is 7.60 Å². The Morgan fingerprint density at radius 3 is 2.24 bits per heavy atom. The maximum absolute atomic E-state index is 11.0. The lowest BCUT2D eigenvalue weighted by molar-refractivity contribution is 0.373. The van der Waals surface area contributed by atoms with Crippen LogP contribution in [0.2, 0.25) is 0 Å². The van der Waals surface area contributed by atoms with Crippen molar-refractivity contribution >= 4 is 52.8 Å². The third kappa shape index (κ3) is 6.09. The Hall–Kier alpha value is -0.350. The maximum Gasteiger partial charge on any atom is 0.325 e. The summed E-state index contributed by atoms with van der Waals surface area (Å²) in [5.41, 5.74) is 1.68. The van der Waals surface area contributed by atoms with Crippen molar-refractivity contribution in [3.8, 4) is 17.2 Å². The molecule has 0 aliphatic carbocycles. The SMILES string of the molecule is CC(C)c1cc(Oc2c(I)cc(CCP(=O)(O)O)cc2I)ccc1O. The van der Waals surface area contributed by atoms with Gasteiger partial charge in [0.15, 0.2) is 5.75 Å². The normalized spacial score (nSPS) is 11.8. The molecule has 2 aromatic rings. The highest BCUT2D eigenvalue weighted by molar-refractivity contribution is 14.1. The van der Waals surface area contributed by atoms with Gasteiger partial charge in [-0.15, -0.1) is 0 Å². The van der Waals surface area contributed by atoms with Crippen LogP contribution >= 0.6 is 52.8 Å². The van der Waals surface area contributed by atoms with Crippen LogP contribution in [0.4, 0.5) is 0 Å². The first-order chi connectivity index (χ1) is 11.6. The first-order valence-electron chi connectivity index (χ1n) is 7.60. The summed E-state index contributed by atoms with van der Waals surface area (Å²) in [6.07, 6.45) is 0.141. The Bertz CT molecular complexity index is 794. The van der Waals surface area contributed by atoms with Crippen molar-refractivity contribution in [2.75, 3.05) is 6.16 Å². The quantitative estimate of drug-likeness (QED) is 0.318. The molecule has 0 fully saturated rings. The summed E-state index contributed by atoms with van der Waals surface area (Å²) in [7, 11) is -4.01. The molecule has 8 heteroatoms. The Balaban J connectivity index is 2.26. The Morgan fingerprint density at radius 2 is 1.72 bits per heavy atom. The molecule has 0 bridgehead atoms. The number of ether oxygens (including phenoxy) is 1. The Kier molecular flexibility index (Phi) is 7.17. The van der Waals surface area contributed by atoms with Crippen LogP contribution in [0.15, 0.2) is 30.3 Å². The predicted octanol–water partition coefficient (Wildman–Crippen LogP) is 5.24. The van der Waals surface area contributed by atoms with E-state index >= 15 is 0 Å². The van der Waals surface area contributed by atoms with Gasteiger partial charge in [-0.25, -0.2) is 0 Å². The van der Waals surface area contributed by atoms with E-state index in [1.807, 2.05) is 32.0 Å². The number of hydrogen-bond donors (Lipinski definition) is 3. The monoisotopic (exact) mass is 588 g/mol. The maximum atomic E-state index is 11.0. The van der Waals surface area contributed by atoms with Crippen LogP contribution in [0.5, 0.6) is 17.2 Å². The molecule has 2 aromatic carbocycles. The molecular weight excluding hydrogens is 569 g/mol. The number of aryl methyl sites for hydroxylation is 1. The first-order valence-corrected chi connectivity index (χ1v) is 11.6. The molecule has 136 valence electrons. The molecule has 0 saturated heterocycles. The van der Waals surface area contributed by atoms with Crippen molar-refractivity contribution < 1.29 is 24.2 Å². The van der Waals surface area contributed by atoms with E-state index in [0.29, 0.717) is 17.9 Å². The molecule has 0 saturated carbocycles. The van der Waals surface area contributed by atoms with E-state index in [2.05, 4.69) is 45.2 Å². The highest BCUT2D eigenvalue weighted by Gasteiger charge is 2.16. The van der Waals surface area contributed by atoms with Gasteiger partial charge in [0, 0.05) is 5.56 Å². The minimum Gasteiger partial charge on any atom is -0.508 e. The molecule has 25 heavy (non-hydrogen) atoms. The van der Waals surface area contributed by atoms with Crippen LogP contribution in [0.25, 0.3) is 0 Å². The molecule has 0 amide bonds. The lowest BCUT2D eigenvalue weighted by Crippen LogP contribution is -1.98. The number of phenolic OH excluding ortho intramolecular Hbond substituents is 1. The fraction of sp³-hybridized carbons (Fsp3) is 0.294. The molecule has 0 radical (unpaired) electrons. The van der Waals surface area contributed by atoms with Gasteiger partial charge in [-0.05, 0) is 93.4 Å². The van der Waals surface area contributed by atoms with E-state index in [0.717, 1.165) is 18.3 Å². The average molecular weight is 588 g/mol. The molecule has 3 N–H and O–H groups in total. The second-order valence-corrected chi connectivity index (χ2v) is 10.1. The minimum absolute atomic E-state index is 0.172. The van der Waals surface area contributed by atoms with Gasteiger partial charge in [0.25, 0.3) is 0 Å². The van der Waals surface area contributed by atoms with Crippen LogP contribution in [0.3, 0.4) is 0 Å². The fourth-order valence-corrected chi connectivity index (χ4v) is 4.97. The molecule has 0 spiro atoms. The molecule has 0 aliphatic rings. The molecule has 0 aromatic heterocycles. The zero-order valence-electron chi connectivity index (χ0n) is 13.7. The van der Waals surface area contributed by atoms with E-state index in [4.69, 9.17) is 14.5 Å². The lowest BCUT2D eigenvalue weighted by atomic mass is 10.0. The first kappa shape index (κ1) is 21.0. The largest absolute Gasteiger partial charge is 0.508 e. The molecule has 0 unspecified atom stereocenters. The van der Waals surface area contributed by atoms with Crippen LogP contribution in [0.1, 0.15) is 30.9 Å². The number of halogens is 2. The highest BCUT2D eigenvalue weighted by atomic mass is 127. The lowest BCUT2D eigenvalue weighted by Gasteiger charge is -2.15. The summed E-state index contributed by atoms with van der Waals surface area (Å²) < 4.78 is 18.8. The van der Waals surface area contributed by atoms with Crippen molar-refractivity contribution in [2.24, 2.45) is 0 Å². The second-order valence-electron chi connectivity index (χ2n) is 6.00. The van der Waals surface area contributed by atoms with Crippen LogP contribution < -0.4 is 4.74 Å². The van der Waals surface area contributed by atoms with Gasteiger partial charge in [-0.2, -0.15) is 0 Å².